The average molecular weight is 298 g/mol. The summed E-state index contributed by atoms with van der Waals surface area (Å²) in [5.74, 6) is 0.286. The number of aliphatic hydroxyl groups is 1. The van der Waals surface area contributed by atoms with Crippen LogP contribution in [0.4, 0.5) is 5.82 Å². The van der Waals surface area contributed by atoms with Crippen molar-refractivity contribution in [2.24, 2.45) is 0 Å². The lowest BCUT2D eigenvalue weighted by atomic mass is 10.4. The summed E-state index contributed by atoms with van der Waals surface area (Å²) < 4.78 is 27.9. The van der Waals surface area contributed by atoms with Gasteiger partial charge >= 0.3 is 0 Å². The lowest BCUT2D eigenvalue weighted by Gasteiger charge is -2.18. The third-order valence-corrected chi connectivity index (χ3v) is 4.75. The van der Waals surface area contributed by atoms with E-state index in [4.69, 9.17) is 0 Å². The average Bonchev–Trinajstić information content (AvgIpc) is 2.76. The van der Waals surface area contributed by atoms with Crippen molar-refractivity contribution < 1.29 is 13.5 Å². The van der Waals surface area contributed by atoms with E-state index in [0.29, 0.717) is 5.65 Å². The number of anilines is 1. The van der Waals surface area contributed by atoms with Crippen LogP contribution in [-0.4, -0.2) is 54.0 Å². The normalized spacial score (nSPS) is 13.8. The van der Waals surface area contributed by atoms with Crippen LogP contribution in [0.15, 0.2) is 29.4 Å². The van der Waals surface area contributed by atoms with E-state index >= 15 is 0 Å². The SMILES string of the molecule is CNc1nc2ccccn2c1S(=O)(=O)N(C)CC(C)O. The molecule has 2 heterocycles. The molecular weight excluding hydrogens is 280 g/mol. The fraction of sp³-hybridized carbons (Fsp3) is 0.417. The number of pyridine rings is 1. The predicted molar refractivity (Wildman–Crippen MR) is 76.2 cm³/mol. The zero-order chi connectivity index (χ0) is 14.9. The molecule has 0 spiro atoms. The molecule has 0 radical (unpaired) electrons. The van der Waals surface area contributed by atoms with E-state index in [-0.39, 0.29) is 17.4 Å². The topological polar surface area (TPSA) is 86.9 Å². The van der Waals surface area contributed by atoms with Crippen molar-refractivity contribution in [1.82, 2.24) is 13.7 Å². The van der Waals surface area contributed by atoms with E-state index in [1.54, 1.807) is 38.4 Å². The van der Waals surface area contributed by atoms with E-state index in [0.717, 1.165) is 4.31 Å². The van der Waals surface area contributed by atoms with Gasteiger partial charge in [0.25, 0.3) is 10.0 Å². The highest BCUT2D eigenvalue weighted by atomic mass is 32.2. The van der Waals surface area contributed by atoms with E-state index in [1.807, 2.05) is 0 Å². The van der Waals surface area contributed by atoms with Crippen LogP contribution < -0.4 is 5.32 Å². The van der Waals surface area contributed by atoms with Crippen LogP contribution in [0.5, 0.6) is 0 Å². The highest BCUT2D eigenvalue weighted by molar-refractivity contribution is 7.89. The van der Waals surface area contributed by atoms with Gasteiger partial charge in [0.1, 0.15) is 5.65 Å². The monoisotopic (exact) mass is 298 g/mol. The molecule has 20 heavy (non-hydrogen) atoms. The Hall–Kier alpha value is -1.64. The molecule has 110 valence electrons. The number of aliphatic hydroxyl groups excluding tert-OH is 1. The van der Waals surface area contributed by atoms with Gasteiger partial charge in [-0.1, -0.05) is 6.07 Å². The third-order valence-electron chi connectivity index (χ3n) is 2.90. The summed E-state index contributed by atoms with van der Waals surface area (Å²) in [6, 6.07) is 5.26. The molecule has 2 aromatic rings. The van der Waals surface area contributed by atoms with Crippen LogP contribution in [0, 0.1) is 0 Å². The molecule has 0 saturated heterocycles. The maximum Gasteiger partial charge on any atom is 0.262 e. The molecule has 0 aliphatic rings. The number of sulfonamides is 1. The molecular formula is C12H18N4O3S. The summed E-state index contributed by atoms with van der Waals surface area (Å²) in [6.45, 7) is 1.56. The summed E-state index contributed by atoms with van der Waals surface area (Å²) in [4.78, 5) is 4.24. The van der Waals surface area contributed by atoms with Gasteiger partial charge < -0.3 is 10.4 Å². The maximum atomic E-state index is 12.6. The van der Waals surface area contributed by atoms with E-state index in [2.05, 4.69) is 10.3 Å². The van der Waals surface area contributed by atoms with Crippen molar-refractivity contribution in [2.45, 2.75) is 18.1 Å². The summed E-state index contributed by atoms with van der Waals surface area (Å²) in [7, 11) is -0.694. The molecule has 1 unspecified atom stereocenters. The minimum absolute atomic E-state index is 0.0194. The first-order valence-electron chi connectivity index (χ1n) is 6.17. The van der Waals surface area contributed by atoms with E-state index in [1.165, 1.54) is 11.4 Å². The second-order valence-electron chi connectivity index (χ2n) is 4.58. The smallest absolute Gasteiger partial charge is 0.262 e. The molecule has 0 fully saturated rings. The molecule has 7 nitrogen and oxygen atoms in total. The van der Waals surface area contributed by atoms with Gasteiger partial charge in [-0.15, -0.1) is 0 Å². The highest BCUT2D eigenvalue weighted by Crippen LogP contribution is 2.25. The number of rotatable bonds is 5. The zero-order valence-electron chi connectivity index (χ0n) is 11.6. The Balaban J connectivity index is 2.61. The molecule has 0 amide bonds. The molecule has 0 aromatic carbocycles. The Morgan fingerprint density at radius 1 is 1.50 bits per heavy atom. The molecule has 0 saturated carbocycles. The van der Waals surface area contributed by atoms with Crippen LogP contribution >= 0.6 is 0 Å². The lowest BCUT2D eigenvalue weighted by molar-refractivity contribution is 0.171. The molecule has 2 aromatic heterocycles. The van der Waals surface area contributed by atoms with Crippen molar-refractivity contribution in [3.8, 4) is 0 Å². The Kier molecular flexibility index (Phi) is 3.98. The Morgan fingerprint density at radius 2 is 2.20 bits per heavy atom. The van der Waals surface area contributed by atoms with Crippen molar-refractivity contribution in [1.29, 1.82) is 0 Å². The van der Waals surface area contributed by atoms with Gasteiger partial charge in [-0.2, -0.15) is 4.31 Å². The van der Waals surface area contributed by atoms with E-state index in [9.17, 15) is 13.5 Å². The number of likely N-dealkylation sites (N-methyl/N-ethyl adjacent to an activating group) is 1. The Morgan fingerprint density at radius 3 is 2.80 bits per heavy atom. The predicted octanol–water partition coefficient (Wildman–Crippen LogP) is 0.377. The summed E-state index contributed by atoms with van der Waals surface area (Å²) in [5, 5.41) is 12.2. The first kappa shape index (κ1) is 14.8. The lowest BCUT2D eigenvalue weighted by Crippen LogP contribution is -2.34. The number of fused-ring (bicyclic) bond motifs is 1. The summed E-state index contributed by atoms with van der Waals surface area (Å²) in [6.07, 6.45) is 0.902. The van der Waals surface area contributed by atoms with Crippen LogP contribution in [0.1, 0.15) is 6.92 Å². The Labute approximate surface area is 117 Å². The first-order chi connectivity index (χ1) is 9.37. The second-order valence-corrected chi connectivity index (χ2v) is 6.54. The quantitative estimate of drug-likeness (QED) is 0.833. The number of imidazole rings is 1. The number of hydrogen-bond donors (Lipinski definition) is 2. The minimum atomic E-state index is -3.75. The summed E-state index contributed by atoms with van der Waals surface area (Å²) in [5.41, 5.74) is 0.542. The molecule has 8 heteroatoms. The minimum Gasteiger partial charge on any atom is -0.392 e. The van der Waals surface area contributed by atoms with E-state index < -0.39 is 16.1 Å². The first-order valence-corrected chi connectivity index (χ1v) is 7.61. The van der Waals surface area contributed by atoms with Crippen LogP contribution in [-0.2, 0) is 10.0 Å². The van der Waals surface area contributed by atoms with Crippen LogP contribution in [0.2, 0.25) is 0 Å². The number of aromatic nitrogens is 2. The zero-order valence-corrected chi connectivity index (χ0v) is 12.4. The van der Waals surface area contributed by atoms with Crippen molar-refractivity contribution in [3.63, 3.8) is 0 Å². The Bertz CT molecular complexity index is 709. The maximum absolute atomic E-state index is 12.6. The largest absolute Gasteiger partial charge is 0.392 e. The number of hydrogen-bond acceptors (Lipinski definition) is 5. The second kappa shape index (κ2) is 5.39. The highest BCUT2D eigenvalue weighted by Gasteiger charge is 2.29. The van der Waals surface area contributed by atoms with Gasteiger partial charge in [0, 0.05) is 26.8 Å². The van der Waals surface area contributed by atoms with Gasteiger partial charge in [-0.3, -0.25) is 4.40 Å². The van der Waals surface area contributed by atoms with Crippen LogP contribution in [0.25, 0.3) is 5.65 Å². The fourth-order valence-corrected chi connectivity index (χ4v) is 3.50. The standard InChI is InChI=1S/C12H18N4O3S/c1-9(17)8-15(3)20(18,19)12-11(13-2)14-10-6-4-5-7-16(10)12/h4-7,9,13,17H,8H2,1-3H3. The van der Waals surface area contributed by atoms with Gasteiger partial charge in [0.15, 0.2) is 10.8 Å². The summed E-state index contributed by atoms with van der Waals surface area (Å²) >= 11 is 0. The number of nitrogens with zero attached hydrogens (tertiary/aromatic N) is 3. The molecule has 0 aliphatic heterocycles. The van der Waals surface area contributed by atoms with Crippen molar-refractivity contribution in [3.05, 3.63) is 24.4 Å². The van der Waals surface area contributed by atoms with Crippen molar-refractivity contribution >= 4 is 21.5 Å². The van der Waals surface area contributed by atoms with Crippen molar-refractivity contribution in [2.75, 3.05) is 26.0 Å². The van der Waals surface area contributed by atoms with Gasteiger partial charge in [0.05, 0.1) is 6.10 Å². The fourth-order valence-electron chi connectivity index (χ4n) is 2.00. The molecule has 2 rings (SSSR count). The van der Waals surface area contributed by atoms with Crippen LogP contribution in [0.3, 0.4) is 0 Å². The molecule has 1 atom stereocenters. The van der Waals surface area contributed by atoms with Gasteiger partial charge in [-0.25, -0.2) is 13.4 Å². The third kappa shape index (κ3) is 2.49. The number of nitrogens with one attached hydrogen (secondary N) is 1. The molecule has 2 N–H and O–H groups in total. The van der Waals surface area contributed by atoms with Gasteiger partial charge in [0.2, 0.25) is 0 Å². The molecule has 0 aliphatic carbocycles. The van der Waals surface area contributed by atoms with Gasteiger partial charge in [-0.05, 0) is 19.1 Å². The molecule has 0 bridgehead atoms.